The van der Waals surface area contributed by atoms with Crippen LogP contribution in [0.2, 0.25) is 0 Å². The molecule has 0 aliphatic rings. The minimum Gasteiger partial charge on any atom is -0.494 e. The van der Waals surface area contributed by atoms with Crippen LogP contribution >= 0.6 is 0 Å². The zero-order chi connectivity index (χ0) is 13.1. The Morgan fingerprint density at radius 3 is 2.89 bits per heavy atom. The molecular weight excluding hydrogens is 231 g/mol. The number of nitrogens with zero attached hydrogens (tertiary/aromatic N) is 2. The van der Waals surface area contributed by atoms with E-state index in [4.69, 9.17) is 4.74 Å². The number of halogens is 1. The molecule has 0 fully saturated rings. The Kier molecular flexibility index (Phi) is 3.46. The van der Waals surface area contributed by atoms with Crippen LogP contribution < -0.4 is 4.74 Å². The topological polar surface area (TPSA) is 27.1 Å². The van der Waals surface area contributed by atoms with E-state index in [1.165, 1.54) is 19.2 Å². The summed E-state index contributed by atoms with van der Waals surface area (Å²) in [4.78, 5) is 0. The summed E-state index contributed by atoms with van der Waals surface area (Å²) in [5.74, 6) is 0.133. The van der Waals surface area contributed by atoms with Crippen molar-refractivity contribution in [2.75, 3.05) is 7.11 Å². The highest BCUT2D eigenvalue weighted by Gasteiger charge is 2.13. The fourth-order valence-electron chi connectivity index (χ4n) is 1.94. The van der Waals surface area contributed by atoms with Gasteiger partial charge in [0.25, 0.3) is 0 Å². The highest BCUT2D eigenvalue weighted by Crippen LogP contribution is 2.26. The molecule has 3 nitrogen and oxygen atoms in total. The number of ether oxygens (including phenoxy) is 1. The fourth-order valence-corrected chi connectivity index (χ4v) is 1.94. The third-order valence-electron chi connectivity index (χ3n) is 2.83. The molecule has 1 aromatic carbocycles. The van der Waals surface area contributed by atoms with Crippen molar-refractivity contribution in [3.05, 3.63) is 48.0 Å². The van der Waals surface area contributed by atoms with Crippen molar-refractivity contribution in [3.63, 3.8) is 0 Å². The highest BCUT2D eigenvalue weighted by atomic mass is 19.1. The first kappa shape index (κ1) is 12.4. The second-order valence-corrected chi connectivity index (χ2v) is 3.83. The molecule has 0 saturated heterocycles. The summed E-state index contributed by atoms with van der Waals surface area (Å²) in [7, 11) is 1.52. The van der Waals surface area contributed by atoms with Gasteiger partial charge in [0.05, 0.1) is 19.0 Å². The van der Waals surface area contributed by atoms with Gasteiger partial charge in [-0.25, -0.2) is 9.07 Å². The molecule has 0 atom stereocenters. The molecule has 2 rings (SSSR count). The van der Waals surface area contributed by atoms with Crippen LogP contribution in [0.5, 0.6) is 5.75 Å². The van der Waals surface area contributed by atoms with Crippen LogP contribution in [0, 0.1) is 5.82 Å². The third-order valence-corrected chi connectivity index (χ3v) is 2.83. The molecule has 0 unspecified atom stereocenters. The second kappa shape index (κ2) is 5.04. The Labute approximate surface area is 106 Å². The minimum atomic E-state index is -0.329. The van der Waals surface area contributed by atoms with Crippen LogP contribution in [0.25, 0.3) is 11.8 Å². The molecule has 0 radical (unpaired) electrons. The summed E-state index contributed by atoms with van der Waals surface area (Å²) in [6.45, 7) is 5.80. The molecule has 0 saturated carbocycles. The van der Waals surface area contributed by atoms with Gasteiger partial charge < -0.3 is 4.74 Å². The van der Waals surface area contributed by atoms with Gasteiger partial charge in [0.1, 0.15) is 17.3 Å². The van der Waals surface area contributed by atoms with E-state index >= 15 is 0 Å². The molecule has 0 spiro atoms. The number of hydrogen-bond acceptors (Lipinski definition) is 2. The summed E-state index contributed by atoms with van der Waals surface area (Å²) in [6, 6.07) is 4.41. The van der Waals surface area contributed by atoms with Crippen LogP contribution in [-0.2, 0) is 6.42 Å². The maximum absolute atomic E-state index is 13.2. The monoisotopic (exact) mass is 246 g/mol. The van der Waals surface area contributed by atoms with Crippen LogP contribution in [0.1, 0.15) is 18.2 Å². The van der Waals surface area contributed by atoms with E-state index in [0.717, 1.165) is 23.4 Å². The quantitative estimate of drug-likeness (QED) is 0.828. The number of methoxy groups -OCH3 is 1. The largest absolute Gasteiger partial charge is 0.494 e. The Bertz CT molecular complexity index is 575. The van der Waals surface area contributed by atoms with Gasteiger partial charge >= 0.3 is 0 Å². The molecule has 0 amide bonds. The first-order valence-corrected chi connectivity index (χ1v) is 5.74. The molecule has 4 heteroatoms. The summed E-state index contributed by atoms with van der Waals surface area (Å²) >= 11 is 0. The molecule has 1 aromatic heterocycles. The van der Waals surface area contributed by atoms with Gasteiger partial charge in [-0.15, -0.1) is 0 Å². The Morgan fingerprint density at radius 1 is 1.50 bits per heavy atom. The van der Waals surface area contributed by atoms with E-state index in [-0.39, 0.29) is 5.82 Å². The SMILES string of the molecule is C=Cc1cnn(-c2ccc(F)cc2OC)c1CC. The van der Waals surface area contributed by atoms with Crippen LogP contribution in [0.4, 0.5) is 4.39 Å². The molecule has 0 bridgehead atoms. The number of rotatable bonds is 4. The van der Waals surface area contributed by atoms with Gasteiger partial charge in [0.2, 0.25) is 0 Å². The standard InChI is InChI=1S/C14H15FN2O/c1-4-10-9-16-17(12(10)5-2)13-7-6-11(15)8-14(13)18-3/h4,6-9H,1,5H2,2-3H3. The molecule has 94 valence electrons. The van der Waals surface area contributed by atoms with Gasteiger partial charge in [-0.2, -0.15) is 5.10 Å². The first-order chi connectivity index (χ1) is 8.71. The van der Waals surface area contributed by atoms with Crippen LogP contribution in [0.3, 0.4) is 0 Å². The maximum atomic E-state index is 13.2. The van der Waals surface area contributed by atoms with Crippen molar-refractivity contribution < 1.29 is 9.13 Å². The third kappa shape index (κ3) is 2.01. The number of benzene rings is 1. The Hall–Kier alpha value is -2.10. The fraction of sp³-hybridized carbons (Fsp3) is 0.214. The highest BCUT2D eigenvalue weighted by molar-refractivity contribution is 5.54. The summed E-state index contributed by atoms with van der Waals surface area (Å²) in [5.41, 5.74) is 2.72. The lowest BCUT2D eigenvalue weighted by Gasteiger charge is -2.11. The zero-order valence-corrected chi connectivity index (χ0v) is 10.5. The van der Waals surface area contributed by atoms with E-state index in [9.17, 15) is 4.39 Å². The number of hydrogen-bond donors (Lipinski definition) is 0. The van der Waals surface area contributed by atoms with Crippen LogP contribution in [-0.4, -0.2) is 16.9 Å². The lowest BCUT2D eigenvalue weighted by Crippen LogP contribution is -2.04. The van der Waals surface area contributed by atoms with Crippen molar-refractivity contribution in [1.82, 2.24) is 9.78 Å². The summed E-state index contributed by atoms with van der Waals surface area (Å²) in [5, 5.41) is 4.31. The lowest BCUT2D eigenvalue weighted by atomic mass is 10.2. The Balaban J connectivity index is 2.61. The molecule has 0 aliphatic heterocycles. The predicted molar refractivity (Wildman–Crippen MR) is 69.5 cm³/mol. The van der Waals surface area contributed by atoms with Crippen LogP contribution in [0.15, 0.2) is 31.0 Å². The first-order valence-electron chi connectivity index (χ1n) is 5.74. The molecule has 18 heavy (non-hydrogen) atoms. The Morgan fingerprint density at radius 2 is 2.28 bits per heavy atom. The van der Waals surface area contributed by atoms with E-state index < -0.39 is 0 Å². The molecular formula is C14H15FN2O. The van der Waals surface area contributed by atoms with Gasteiger partial charge in [-0.1, -0.05) is 19.6 Å². The molecule has 1 heterocycles. The van der Waals surface area contributed by atoms with Crippen molar-refractivity contribution in [1.29, 1.82) is 0 Å². The van der Waals surface area contributed by atoms with Gasteiger partial charge in [-0.05, 0) is 18.6 Å². The average molecular weight is 246 g/mol. The van der Waals surface area contributed by atoms with Gasteiger partial charge in [0, 0.05) is 11.6 Å². The smallest absolute Gasteiger partial charge is 0.147 e. The van der Waals surface area contributed by atoms with E-state index in [1.807, 2.05) is 6.92 Å². The minimum absolute atomic E-state index is 0.329. The number of aromatic nitrogens is 2. The summed E-state index contributed by atoms with van der Waals surface area (Å²) < 4.78 is 20.1. The average Bonchev–Trinajstić information content (AvgIpc) is 2.81. The molecule has 2 aromatic rings. The maximum Gasteiger partial charge on any atom is 0.147 e. The molecule has 0 aliphatic carbocycles. The predicted octanol–water partition coefficient (Wildman–Crippen LogP) is 3.23. The normalized spacial score (nSPS) is 10.4. The molecule has 0 N–H and O–H groups in total. The summed E-state index contributed by atoms with van der Waals surface area (Å²) in [6.07, 6.45) is 4.31. The van der Waals surface area contributed by atoms with Crippen molar-refractivity contribution in [2.45, 2.75) is 13.3 Å². The van der Waals surface area contributed by atoms with Gasteiger partial charge in [-0.3, -0.25) is 0 Å². The van der Waals surface area contributed by atoms with E-state index in [2.05, 4.69) is 11.7 Å². The lowest BCUT2D eigenvalue weighted by molar-refractivity contribution is 0.408. The van der Waals surface area contributed by atoms with Crippen molar-refractivity contribution in [2.24, 2.45) is 0 Å². The van der Waals surface area contributed by atoms with E-state index in [0.29, 0.717) is 5.75 Å². The second-order valence-electron chi connectivity index (χ2n) is 3.83. The van der Waals surface area contributed by atoms with E-state index in [1.54, 1.807) is 23.0 Å². The van der Waals surface area contributed by atoms with Crippen molar-refractivity contribution >= 4 is 6.08 Å². The van der Waals surface area contributed by atoms with Crippen molar-refractivity contribution in [3.8, 4) is 11.4 Å². The zero-order valence-electron chi connectivity index (χ0n) is 10.5. The van der Waals surface area contributed by atoms with Gasteiger partial charge in [0.15, 0.2) is 0 Å².